The fourth-order valence-electron chi connectivity index (χ4n) is 3.89. The van der Waals surface area contributed by atoms with Crippen molar-refractivity contribution in [2.75, 3.05) is 3.99 Å². The van der Waals surface area contributed by atoms with Crippen LogP contribution >= 0.6 is 20.1 Å². The van der Waals surface area contributed by atoms with Gasteiger partial charge >= 0.3 is 161 Å². The predicted octanol–water partition coefficient (Wildman–Crippen LogP) is 5.97. The van der Waals surface area contributed by atoms with E-state index in [1.165, 1.54) is 11.1 Å². The molecule has 0 amide bonds. The third-order valence-corrected chi connectivity index (χ3v) is 11.8. The van der Waals surface area contributed by atoms with Crippen LogP contribution in [0.2, 0.25) is 0 Å². The average molecular weight is 413 g/mol. The quantitative estimate of drug-likeness (QED) is 0.548. The van der Waals surface area contributed by atoms with Gasteiger partial charge in [-0.2, -0.15) is 0 Å². The molecule has 132 valence electrons. The predicted molar refractivity (Wildman–Crippen MR) is 103 cm³/mol. The molecule has 2 aromatic rings. The Morgan fingerprint density at radius 2 is 1.76 bits per heavy atom. The van der Waals surface area contributed by atoms with E-state index in [4.69, 9.17) is 20.1 Å². The summed E-state index contributed by atoms with van der Waals surface area (Å²) in [4.78, 5) is 0. The Bertz CT molecular complexity index is 825. The number of nitrogens with zero attached hydrogens (tertiary/aromatic N) is 2. The summed E-state index contributed by atoms with van der Waals surface area (Å²) in [6, 6.07) is 14.6. The first-order valence-electron chi connectivity index (χ1n) is 8.47. The van der Waals surface area contributed by atoms with Crippen LogP contribution in [0.3, 0.4) is 0 Å². The molecule has 0 radical (unpaired) electrons. The number of hydrogen-bond acceptors (Lipinski definition) is 1. The normalized spacial score (nSPS) is 25.8. The molecule has 0 saturated carbocycles. The molecule has 25 heavy (non-hydrogen) atoms. The van der Waals surface area contributed by atoms with E-state index >= 15 is 0 Å². The van der Waals surface area contributed by atoms with Crippen LogP contribution in [-0.4, -0.2) is 4.68 Å². The fourth-order valence-corrected chi connectivity index (χ4v) is 11.2. The molecule has 5 heteroatoms. The second-order valence-corrected chi connectivity index (χ2v) is 14.6. The standard InChI is InChI=1S/C20H22N2.2ClH.Cr/c1-20(2,18-12-6-7-13-18)16-19(17-10-4-3-5-11-17)21-22-14-8-9-15-22;;;/h3-12,14-15H,13,16H2,1-2H3;2*1H;/q-1;;;+3/p-2. The Morgan fingerprint density at radius 3 is 2.36 bits per heavy atom. The van der Waals surface area contributed by atoms with Crippen molar-refractivity contribution in [2.45, 2.75) is 31.1 Å². The number of rotatable bonds is 5. The van der Waals surface area contributed by atoms with Crippen LogP contribution in [0.1, 0.15) is 32.3 Å². The Balaban J connectivity index is 1.79. The molecular formula is C20H22Cl2CrN2. The van der Waals surface area contributed by atoms with Crippen molar-refractivity contribution >= 4 is 20.1 Å². The van der Waals surface area contributed by atoms with E-state index in [0.717, 1.165) is 12.8 Å². The molecule has 2 aliphatic rings. The van der Waals surface area contributed by atoms with E-state index in [1.54, 1.807) is 0 Å². The van der Waals surface area contributed by atoms with Gasteiger partial charge in [-0.3, -0.25) is 0 Å². The van der Waals surface area contributed by atoms with E-state index in [2.05, 4.69) is 65.0 Å². The molecule has 0 bridgehead atoms. The van der Waals surface area contributed by atoms with Crippen molar-refractivity contribution in [2.24, 2.45) is 5.41 Å². The van der Waals surface area contributed by atoms with Gasteiger partial charge in [0.25, 0.3) is 0 Å². The summed E-state index contributed by atoms with van der Waals surface area (Å²) < 4.78 is 3.99. The zero-order valence-corrected chi connectivity index (χ0v) is 17.2. The second-order valence-electron chi connectivity index (χ2n) is 7.31. The van der Waals surface area contributed by atoms with Gasteiger partial charge in [0.1, 0.15) is 0 Å². The van der Waals surface area contributed by atoms with E-state index in [0.29, 0.717) is 0 Å². The molecule has 1 unspecified atom stereocenters. The van der Waals surface area contributed by atoms with Crippen molar-refractivity contribution in [3.63, 3.8) is 0 Å². The molecule has 0 spiro atoms. The van der Waals surface area contributed by atoms with Gasteiger partial charge in [-0.25, -0.2) is 0 Å². The van der Waals surface area contributed by atoms with Gasteiger partial charge in [0.15, 0.2) is 0 Å². The number of benzene rings is 1. The van der Waals surface area contributed by atoms with E-state index < -0.39 is 11.5 Å². The molecule has 2 nitrogen and oxygen atoms in total. The third kappa shape index (κ3) is 2.61. The van der Waals surface area contributed by atoms with Crippen molar-refractivity contribution in [3.8, 4) is 0 Å². The number of allylic oxidation sites excluding steroid dienone is 4. The SMILES string of the molecule is CC(C)(C[C]1(c2ccccc2)[N](n2cccc2)[Cr]1([Cl])[Cl])C1=CC=CC1. The zero-order chi connectivity index (χ0) is 17.7. The fraction of sp³-hybridized carbons (Fsp3) is 0.300. The van der Waals surface area contributed by atoms with E-state index in [-0.39, 0.29) is 9.82 Å². The van der Waals surface area contributed by atoms with Crippen LogP contribution < -0.4 is 3.99 Å². The monoisotopic (exact) mass is 412 g/mol. The molecule has 1 atom stereocenters. The Kier molecular flexibility index (Phi) is 4.13. The van der Waals surface area contributed by atoms with Gasteiger partial charge in [0.2, 0.25) is 0 Å². The first kappa shape index (κ1) is 17.3. The van der Waals surface area contributed by atoms with Crippen molar-refractivity contribution < 1.29 is 11.5 Å². The second kappa shape index (κ2) is 5.96. The molecule has 1 aromatic carbocycles. The van der Waals surface area contributed by atoms with Crippen LogP contribution in [0.5, 0.6) is 0 Å². The van der Waals surface area contributed by atoms with Gasteiger partial charge in [-0.15, -0.1) is 0 Å². The molecule has 1 aliphatic heterocycles. The van der Waals surface area contributed by atoms with Crippen LogP contribution in [-0.2, 0) is 15.9 Å². The number of halogens is 2. The van der Waals surface area contributed by atoms with Gasteiger partial charge in [0, 0.05) is 0 Å². The zero-order valence-electron chi connectivity index (χ0n) is 14.4. The summed E-state index contributed by atoms with van der Waals surface area (Å²) in [6.45, 7) is 4.62. The summed E-state index contributed by atoms with van der Waals surface area (Å²) in [6.07, 6.45) is 12.6. The molecule has 4 rings (SSSR count). The van der Waals surface area contributed by atoms with Gasteiger partial charge < -0.3 is 0 Å². The van der Waals surface area contributed by atoms with Crippen LogP contribution in [0, 0.1) is 5.41 Å². The molecule has 1 fully saturated rings. The van der Waals surface area contributed by atoms with Crippen molar-refractivity contribution in [1.82, 2.24) is 4.68 Å². The molecule has 1 aromatic heterocycles. The Morgan fingerprint density at radius 1 is 1.08 bits per heavy atom. The maximum absolute atomic E-state index is 7.06. The minimum absolute atomic E-state index is 0.0215. The molecule has 2 heterocycles. The topological polar surface area (TPSA) is 7.94 Å². The summed E-state index contributed by atoms with van der Waals surface area (Å²) >= 11 is -2.90. The van der Waals surface area contributed by atoms with Gasteiger partial charge in [0.05, 0.1) is 0 Å². The Labute approximate surface area is 160 Å². The summed E-state index contributed by atoms with van der Waals surface area (Å²) in [7, 11) is 14.1. The van der Waals surface area contributed by atoms with Crippen molar-refractivity contribution in [3.05, 3.63) is 84.2 Å². The summed E-state index contributed by atoms with van der Waals surface area (Å²) in [5.41, 5.74) is 2.69. The number of aromatic nitrogens is 1. The molecule has 1 aliphatic carbocycles. The Hall–Kier alpha value is -1.11. The molecule has 0 N–H and O–H groups in total. The third-order valence-electron chi connectivity index (χ3n) is 5.25. The van der Waals surface area contributed by atoms with Crippen LogP contribution in [0.25, 0.3) is 0 Å². The average Bonchev–Trinajstić information content (AvgIpc) is 3.13. The summed E-state index contributed by atoms with van der Waals surface area (Å²) in [5, 5.41) is 0. The van der Waals surface area contributed by atoms with E-state index in [1.807, 2.05) is 30.6 Å². The van der Waals surface area contributed by atoms with Crippen molar-refractivity contribution in [1.29, 1.82) is 0 Å². The van der Waals surface area contributed by atoms with Crippen LogP contribution in [0.15, 0.2) is 78.7 Å². The first-order chi connectivity index (χ1) is 11.9. The molecule has 1 saturated heterocycles. The van der Waals surface area contributed by atoms with Gasteiger partial charge in [-0.1, -0.05) is 0 Å². The first-order valence-corrected chi connectivity index (χ1v) is 13.2. The van der Waals surface area contributed by atoms with Crippen LogP contribution in [0.4, 0.5) is 0 Å². The van der Waals surface area contributed by atoms with Gasteiger partial charge in [-0.05, 0) is 0 Å². The molecular weight excluding hydrogens is 391 g/mol. The minimum atomic E-state index is -2.90. The maximum atomic E-state index is 7.06. The number of hydrogen-bond donors (Lipinski definition) is 0. The van der Waals surface area contributed by atoms with E-state index in [9.17, 15) is 0 Å². The summed E-state index contributed by atoms with van der Waals surface area (Å²) in [5.74, 6) is 0.